The zero-order valence-corrected chi connectivity index (χ0v) is 20.4. The molecular weight excluding hydrogens is 434 g/mol. The molecule has 0 bridgehead atoms. The van der Waals surface area contributed by atoms with Gasteiger partial charge in [0.25, 0.3) is 0 Å². The van der Waals surface area contributed by atoms with Crippen LogP contribution in [0.2, 0.25) is 0 Å². The lowest BCUT2D eigenvalue weighted by molar-refractivity contribution is 0.501. The van der Waals surface area contributed by atoms with Crippen LogP contribution in [0.5, 0.6) is 0 Å². The van der Waals surface area contributed by atoms with Gasteiger partial charge in [-0.3, -0.25) is 10.6 Å². The van der Waals surface area contributed by atoms with Crippen LogP contribution in [0.1, 0.15) is 35.6 Å². The lowest BCUT2D eigenvalue weighted by Gasteiger charge is -2.11. The molecule has 0 amide bonds. The van der Waals surface area contributed by atoms with Crippen molar-refractivity contribution in [3.8, 4) is 0 Å². The first-order chi connectivity index (χ1) is 17.4. The zero-order valence-electron chi connectivity index (χ0n) is 20.4. The van der Waals surface area contributed by atoms with Crippen molar-refractivity contribution in [3.05, 3.63) is 108 Å². The van der Waals surface area contributed by atoms with Crippen molar-refractivity contribution in [3.63, 3.8) is 0 Å². The van der Waals surface area contributed by atoms with Crippen LogP contribution in [0.4, 0.5) is 0 Å². The molecule has 2 aromatic heterocycles. The van der Waals surface area contributed by atoms with Crippen LogP contribution in [0.25, 0.3) is 0 Å². The van der Waals surface area contributed by atoms with E-state index >= 15 is 0 Å². The molecule has 0 saturated carbocycles. The van der Waals surface area contributed by atoms with Gasteiger partial charge in [0.2, 0.25) is 0 Å². The van der Waals surface area contributed by atoms with Gasteiger partial charge in [-0.2, -0.15) is 0 Å². The third-order valence-corrected chi connectivity index (χ3v) is 5.99. The van der Waals surface area contributed by atoms with Gasteiger partial charge in [-0.15, -0.1) is 0 Å². The van der Waals surface area contributed by atoms with E-state index in [1.54, 1.807) is 0 Å². The molecule has 0 aliphatic heterocycles. The fourth-order valence-electron chi connectivity index (χ4n) is 4.06. The number of hydrogen-bond donors (Lipinski definition) is 3. The minimum Gasteiger partial charge on any atom is -0.321 e. The van der Waals surface area contributed by atoms with Gasteiger partial charge in [0.1, 0.15) is 11.6 Å². The molecule has 35 heavy (non-hydrogen) atoms. The molecule has 184 valence electrons. The fraction of sp³-hybridized carbons (Fsp3) is 0.357. The smallest absolute Gasteiger partial charge is 0.114 e. The molecule has 0 aliphatic carbocycles. The number of benzene rings is 2. The summed E-state index contributed by atoms with van der Waals surface area (Å²) in [5.74, 6) is 2.19. The summed E-state index contributed by atoms with van der Waals surface area (Å²) in [5.41, 5.74) is 2.58. The van der Waals surface area contributed by atoms with E-state index in [4.69, 9.17) is 0 Å². The molecule has 7 nitrogen and oxygen atoms in total. The molecule has 2 heterocycles. The maximum Gasteiger partial charge on any atom is 0.114 e. The Morgan fingerprint density at radius 1 is 0.543 bits per heavy atom. The van der Waals surface area contributed by atoms with Gasteiger partial charge in [0.15, 0.2) is 0 Å². The summed E-state index contributed by atoms with van der Waals surface area (Å²) in [7, 11) is 0. The minimum absolute atomic E-state index is 0.798. The van der Waals surface area contributed by atoms with Gasteiger partial charge in [-0.05, 0) is 50.1 Å². The van der Waals surface area contributed by atoms with E-state index < -0.39 is 0 Å². The Hall–Kier alpha value is -3.26. The second-order valence-electron chi connectivity index (χ2n) is 8.72. The Balaban J connectivity index is 1.01. The molecular formula is C28H37N7. The van der Waals surface area contributed by atoms with Gasteiger partial charge in [0.05, 0.1) is 13.3 Å². The molecule has 4 aromatic rings. The molecule has 3 N–H and O–H groups in total. The number of aromatic nitrogens is 4. The first kappa shape index (κ1) is 24.9. The van der Waals surface area contributed by atoms with Crippen molar-refractivity contribution in [1.82, 2.24) is 35.1 Å². The third kappa shape index (κ3) is 8.47. The molecule has 4 rings (SSSR count). The maximum atomic E-state index is 4.51. The van der Waals surface area contributed by atoms with Crippen LogP contribution in [-0.2, 0) is 26.2 Å². The van der Waals surface area contributed by atoms with Crippen LogP contribution < -0.4 is 16.0 Å². The van der Waals surface area contributed by atoms with Crippen molar-refractivity contribution in [1.29, 1.82) is 0 Å². The highest BCUT2D eigenvalue weighted by Gasteiger charge is 2.04. The van der Waals surface area contributed by atoms with Crippen molar-refractivity contribution in [2.75, 3.05) is 26.2 Å². The Labute approximate surface area is 208 Å². The Morgan fingerprint density at radius 3 is 1.43 bits per heavy atom. The summed E-state index contributed by atoms with van der Waals surface area (Å²) in [5, 5.41) is 10.6. The van der Waals surface area contributed by atoms with Gasteiger partial charge in [0, 0.05) is 37.6 Å². The summed E-state index contributed by atoms with van der Waals surface area (Å²) in [4.78, 5) is 9.03. The van der Waals surface area contributed by atoms with Crippen LogP contribution in [0, 0.1) is 0 Å². The predicted octanol–water partition coefficient (Wildman–Crippen LogP) is 3.43. The molecule has 7 heteroatoms. The minimum atomic E-state index is 0.798. The largest absolute Gasteiger partial charge is 0.321 e. The SMILES string of the molecule is c1ccc(Cc2nccn2CNCCCNCCCNCn2ccnc2Cc2ccccc2)cc1. The van der Waals surface area contributed by atoms with Crippen molar-refractivity contribution in [2.45, 2.75) is 39.0 Å². The standard InChI is InChI=1S/C28H37N7/c1-3-9-25(10-4-1)21-27-32-17-19-34(27)23-30-15-7-13-29-14-8-16-31-24-35-20-18-33-28(35)22-26-11-5-2-6-12-26/h1-6,9-12,17-20,29-31H,7-8,13-16,21-24H2. The van der Waals surface area contributed by atoms with Crippen LogP contribution >= 0.6 is 0 Å². The monoisotopic (exact) mass is 471 g/mol. The molecule has 0 fully saturated rings. The molecule has 0 radical (unpaired) electrons. The number of hydrogen-bond acceptors (Lipinski definition) is 5. The first-order valence-corrected chi connectivity index (χ1v) is 12.6. The Bertz CT molecular complexity index is 1000. The Kier molecular flexibility index (Phi) is 10.1. The number of nitrogens with zero attached hydrogens (tertiary/aromatic N) is 4. The molecule has 0 spiro atoms. The van der Waals surface area contributed by atoms with Gasteiger partial charge in [-0.1, -0.05) is 60.7 Å². The quantitative estimate of drug-likeness (QED) is 0.219. The van der Waals surface area contributed by atoms with Gasteiger partial charge >= 0.3 is 0 Å². The highest BCUT2D eigenvalue weighted by Crippen LogP contribution is 2.08. The van der Waals surface area contributed by atoms with E-state index in [0.717, 1.165) is 76.8 Å². The van der Waals surface area contributed by atoms with Crippen molar-refractivity contribution in [2.24, 2.45) is 0 Å². The number of nitrogens with one attached hydrogen (secondary N) is 3. The van der Waals surface area contributed by atoms with Gasteiger partial charge < -0.3 is 14.5 Å². The number of imidazole rings is 2. The average Bonchev–Trinajstić information content (AvgIpc) is 3.53. The zero-order chi connectivity index (χ0) is 24.0. The lowest BCUT2D eigenvalue weighted by atomic mass is 10.1. The number of rotatable bonds is 16. The maximum absolute atomic E-state index is 4.51. The normalized spacial score (nSPS) is 11.2. The van der Waals surface area contributed by atoms with Crippen LogP contribution in [-0.4, -0.2) is 45.3 Å². The second-order valence-corrected chi connectivity index (χ2v) is 8.72. The fourth-order valence-corrected chi connectivity index (χ4v) is 4.06. The molecule has 0 aliphatic rings. The summed E-state index contributed by atoms with van der Waals surface area (Å²) >= 11 is 0. The van der Waals surface area contributed by atoms with E-state index in [1.165, 1.54) is 11.1 Å². The van der Waals surface area contributed by atoms with E-state index in [9.17, 15) is 0 Å². The molecule has 0 atom stereocenters. The van der Waals surface area contributed by atoms with E-state index in [2.05, 4.69) is 83.6 Å². The third-order valence-electron chi connectivity index (χ3n) is 5.99. The molecule has 0 unspecified atom stereocenters. The van der Waals surface area contributed by atoms with Crippen LogP contribution in [0.3, 0.4) is 0 Å². The van der Waals surface area contributed by atoms with E-state index in [1.807, 2.05) is 36.9 Å². The summed E-state index contributed by atoms with van der Waals surface area (Å²) in [6.07, 6.45) is 11.8. The first-order valence-electron chi connectivity index (χ1n) is 12.6. The van der Waals surface area contributed by atoms with Crippen molar-refractivity contribution >= 4 is 0 Å². The van der Waals surface area contributed by atoms with E-state index in [0.29, 0.717) is 0 Å². The Morgan fingerprint density at radius 2 is 0.971 bits per heavy atom. The molecule has 0 saturated heterocycles. The topological polar surface area (TPSA) is 71.7 Å². The lowest BCUT2D eigenvalue weighted by Crippen LogP contribution is -2.27. The van der Waals surface area contributed by atoms with Crippen molar-refractivity contribution < 1.29 is 0 Å². The van der Waals surface area contributed by atoms with Gasteiger partial charge in [-0.25, -0.2) is 9.97 Å². The van der Waals surface area contributed by atoms with Crippen LogP contribution in [0.15, 0.2) is 85.5 Å². The summed E-state index contributed by atoms with van der Waals surface area (Å²) in [6.45, 7) is 5.62. The second kappa shape index (κ2) is 14.2. The average molecular weight is 472 g/mol. The summed E-state index contributed by atoms with van der Waals surface area (Å²) < 4.78 is 4.38. The summed E-state index contributed by atoms with van der Waals surface area (Å²) in [6, 6.07) is 21.0. The molecule has 2 aromatic carbocycles. The highest BCUT2D eigenvalue weighted by atomic mass is 15.2. The predicted molar refractivity (Wildman–Crippen MR) is 141 cm³/mol. The highest BCUT2D eigenvalue weighted by molar-refractivity contribution is 5.20. The van der Waals surface area contributed by atoms with E-state index in [-0.39, 0.29) is 0 Å².